The normalized spacial score (nSPS) is 16.2. The second-order valence-corrected chi connectivity index (χ2v) is 6.29. The van der Waals surface area contributed by atoms with Gasteiger partial charge < -0.3 is 5.73 Å². The molecule has 0 aliphatic rings. The van der Waals surface area contributed by atoms with Crippen molar-refractivity contribution in [3.8, 4) is 0 Å². The summed E-state index contributed by atoms with van der Waals surface area (Å²) in [5.41, 5.74) is 6.51. The van der Waals surface area contributed by atoms with E-state index < -0.39 is 0 Å². The average molecular weight is 254 g/mol. The van der Waals surface area contributed by atoms with Gasteiger partial charge in [0.2, 0.25) is 0 Å². The van der Waals surface area contributed by atoms with Crippen LogP contribution in [0.1, 0.15) is 51.5 Å². The van der Waals surface area contributed by atoms with Crippen molar-refractivity contribution in [2.24, 2.45) is 5.73 Å². The summed E-state index contributed by atoms with van der Waals surface area (Å²) in [6, 6.07) is 4.84. The van der Waals surface area contributed by atoms with E-state index in [9.17, 15) is 0 Å². The first kappa shape index (κ1) is 14.7. The van der Waals surface area contributed by atoms with Gasteiger partial charge in [-0.15, -0.1) is 11.3 Å². The fraction of sp³-hybridized carbons (Fsp3) is 0.714. The van der Waals surface area contributed by atoms with E-state index in [2.05, 4.69) is 57.2 Å². The fourth-order valence-electron chi connectivity index (χ4n) is 2.00. The molecule has 0 amide bonds. The monoisotopic (exact) mass is 254 g/mol. The summed E-state index contributed by atoms with van der Waals surface area (Å²) < 4.78 is 0. The summed E-state index contributed by atoms with van der Waals surface area (Å²) in [5.74, 6) is 0. The third kappa shape index (κ3) is 3.30. The Morgan fingerprint density at radius 2 is 2.06 bits per heavy atom. The Morgan fingerprint density at radius 3 is 2.47 bits per heavy atom. The van der Waals surface area contributed by atoms with Crippen LogP contribution >= 0.6 is 11.3 Å². The predicted octanol–water partition coefficient (Wildman–Crippen LogP) is 3.65. The molecule has 2 N–H and O–H groups in total. The lowest BCUT2D eigenvalue weighted by Gasteiger charge is -2.42. The largest absolute Gasteiger partial charge is 0.326 e. The van der Waals surface area contributed by atoms with Crippen molar-refractivity contribution in [3.63, 3.8) is 0 Å². The van der Waals surface area contributed by atoms with Gasteiger partial charge in [-0.1, -0.05) is 19.9 Å². The molecule has 1 aromatic rings. The van der Waals surface area contributed by atoms with Crippen LogP contribution in [-0.4, -0.2) is 23.5 Å². The summed E-state index contributed by atoms with van der Waals surface area (Å²) >= 11 is 1.81. The molecule has 0 aliphatic heterocycles. The molecule has 2 unspecified atom stereocenters. The van der Waals surface area contributed by atoms with Gasteiger partial charge in [0.05, 0.1) is 6.04 Å². The molecule has 0 aliphatic carbocycles. The Bertz CT molecular complexity index is 319. The zero-order valence-corrected chi connectivity index (χ0v) is 12.6. The highest BCUT2D eigenvalue weighted by Crippen LogP contribution is 2.33. The van der Waals surface area contributed by atoms with E-state index >= 15 is 0 Å². The van der Waals surface area contributed by atoms with Crippen LogP contribution in [0.25, 0.3) is 0 Å². The van der Waals surface area contributed by atoms with Gasteiger partial charge in [-0.25, -0.2) is 0 Å². The van der Waals surface area contributed by atoms with Crippen LogP contribution in [-0.2, 0) is 0 Å². The Morgan fingerprint density at radius 1 is 1.41 bits per heavy atom. The molecule has 0 saturated heterocycles. The first-order valence-electron chi connectivity index (χ1n) is 6.46. The van der Waals surface area contributed by atoms with Crippen molar-refractivity contribution in [2.75, 3.05) is 7.05 Å². The molecule has 0 aromatic carbocycles. The van der Waals surface area contributed by atoms with Crippen LogP contribution in [0.2, 0.25) is 0 Å². The van der Waals surface area contributed by atoms with Crippen molar-refractivity contribution in [1.29, 1.82) is 0 Å². The van der Waals surface area contributed by atoms with E-state index in [-0.39, 0.29) is 11.6 Å². The zero-order valence-electron chi connectivity index (χ0n) is 11.7. The molecule has 0 spiro atoms. The van der Waals surface area contributed by atoms with Gasteiger partial charge in [0.15, 0.2) is 0 Å². The van der Waals surface area contributed by atoms with E-state index in [1.165, 1.54) is 4.88 Å². The summed E-state index contributed by atoms with van der Waals surface area (Å²) in [6.07, 6.45) is 2.13. The Kier molecular flexibility index (Phi) is 5.17. The molecule has 0 fully saturated rings. The minimum atomic E-state index is 0.182. The molecule has 98 valence electrons. The van der Waals surface area contributed by atoms with Gasteiger partial charge in [-0.05, 0) is 45.2 Å². The lowest BCUT2D eigenvalue weighted by Crippen LogP contribution is -2.48. The molecule has 0 saturated carbocycles. The molecule has 3 heteroatoms. The summed E-state index contributed by atoms with van der Waals surface area (Å²) in [5, 5.41) is 2.14. The number of thiophene rings is 1. The zero-order chi connectivity index (χ0) is 13.1. The third-order valence-corrected chi connectivity index (χ3v) is 4.89. The summed E-state index contributed by atoms with van der Waals surface area (Å²) in [4.78, 5) is 3.82. The Hall–Kier alpha value is -0.380. The van der Waals surface area contributed by atoms with E-state index in [0.29, 0.717) is 6.04 Å². The third-order valence-electron chi connectivity index (χ3n) is 3.95. The number of nitrogens with zero attached hydrogens (tertiary/aromatic N) is 1. The average Bonchev–Trinajstić information content (AvgIpc) is 2.82. The molecular weight excluding hydrogens is 228 g/mol. The van der Waals surface area contributed by atoms with Gasteiger partial charge >= 0.3 is 0 Å². The maximum Gasteiger partial charge on any atom is 0.0595 e. The van der Waals surface area contributed by atoms with Crippen molar-refractivity contribution >= 4 is 11.3 Å². The lowest BCUT2D eigenvalue weighted by atomic mass is 9.93. The quantitative estimate of drug-likeness (QED) is 0.839. The van der Waals surface area contributed by atoms with Crippen molar-refractivity contribution in [3.05, 3.63) is 22.4 Å². The Balaban J connectivity index is 2.99. The molecule has 0 radical (unpaired) electrons. The van der Waals surface area contributed by atoms with Crippen LogP contribution in [0.3, 0.4) is 0 Å². The second-order valence-electron chi connectivity index (χ2n) is 5.31. The van der Waals surface area contributed by atoms with Crippen LogP contribution in [0.15, 0.2) is 17.5 Å². The SMILES string of the molecule is CCC(N)C(c1cccs1)N(C)C(C)(C)CC. The number of likely N-dealkylation sites (N-methyl/N-ethyl adjacent to an activating group) is 1. The lowest BCUT2D eigenvalue weighted by molar-refractivity contribution is 0.0825. The van der Waals surface area contributed by atoms with Crippen molar-refractivity contribution in [1.82, 2.24) is 4.90 Å². The predicted molar refractivity (Wildman–Crippen MR) is 77.5 cm³/mol. The van der Waals surface area contributed by atoms with E-state index in [0.717, 1.165) is 12.8 Å². The number of nitrogens with two attached hydrogens (primary N) is 1. The second kappa shape index (κ2) is 5.98. The smallest absolute Gasteiger partial charge is 0.0595 e. The molecule has 1 heterocycles. The van der Waals surface area contributed by atoms with E-state index in [4.69, 9.17) is 5.73 Å². The molecular formula is C14H26N2S. The van der Waals surface area contributed by atoms with Gasteiger partial charge in [-0.3, -0.25) is 4.90 Å². The van der Waals surface area contributed by atoms with Crippen LogP contribution in [0, 0.1) is 0 Å². The number of rotatable bonds is 6. The van der Waals surface area contributed by atoms with Crippen LogP contribution < -0.4 is 5.73 Å². The molecule has 2 atom stereocenters. The molecule has 17 heavy (non-hydrogen) atoms. The topological polar surface area (TPSA) is 29.3 Å². The minimum absolute atomic E-state index is 0.182. The van der Waals surface area contributed by atoms with Crippen molar-refractivity contribution < 1.29 is 0 Å². The fourth-order valence-corrected chi connectivity index (χ4v) is 2.94. The van der Waals surface area contributed by atoms with Crippen LogP contribution in [0.4, 0.5) is 0 Å². The highest BCUT2D eigenvalue weighted by molar-refractivity contribution is 7.10. The number of hydrogen-bond donors (Lipinski definition) is 1. The van der Waals surface area contributed by atoms with E-state index in [1.54, 1.807) is 0 Å². The van der Waals surface area contributed by atoms with Crippen molar-refractivity contribution in [2.45, 2.75) is 58.2 Å². The maximum atomic E-state index is 6.33. The van der Waals surface area contributed by atoms with Gasteiger partial charge in [0.1, 0.15) is 0 Å². The summed E-state index contributed by atoms with van der Waals surface area (Å²) in [6.45, 7) is 8.98. The number of hydrogen-bond acceptors (Lipinski definition) is 3. The van der Waals surface area contributed by atoms with E-state index in [1.807, 2.05) is 11.3 Å². The highest BCUT2D eigenvalue weighted by atomic mass is 32.1. The maximum absolute atomic E-state index is 6.33. The van der Waals surface area contributed by atoms with Gasteiger partial charge in [0, 0.05) is 16.5 Å². The first-order valence-corrected chi connectivity index (χ1v) is 7.34. The standard InChI is InChI=1S/C14H26N2S/c1-6-11(15)13(12-9-8-10-17-12)16(5)14(3,4)7-2/h8-11,13H,6-7,15H2,1-5H3. The Labute approximate surface area is 110 Å². The van der Waals surface area contributed by atoms with Crippen LogP contribution in [0.5, 0.6) is 0 Å². The van der Waals surface area contributed by atoms with Gasteiger partial charge in [0.25, 0.3) is 0 Å². The molecule has 1 rings (SSSR count). The van der Waals surface area contributed by atoms with Gasteiger partial charge in [-0.2, -0.15) is 0 Å². The molecule has 0 bridgehead atoms. The highest BCUT2D eigenvalue weighted by Gasteiger charge is 2.32. The molecule has 2 nitrogen and oxygen atoms in total. The summed E-state index contributed by atoms with van der Waals surface area (Å²) in [7, 11) is 2.20. The first-order chi connectivity index (χ1) is 7.94. The molecule has 1 aromatic heterocycles. The minimum Gasteiger partial charge on any atom is -0.326 e.